The molecule has 0 atom stereocenters. The van der Waals surface area contributed by atoms with E-state index in [2.05, 4.69) is 220 Å². The maximum absolute atomic E-state index is 5.25. The van der Waals surface area contributed by atoms with Crippen LogP contribution >= 0.6 is 0 Å². The van der Waals surface area contributed by atoms with E-state index in [0.717, 1.165) is 66.6 Å². The molecule has 0 aliphatic rings. The second kappa shape index (κ2) is 15.6. The molecule has 6 heteroatoms. The maximum Gasteiger partial charge on any atom is 0.238 e. The standard InChI is InChI=1S/C63H40N6/c1-5-17-41(18-6-1)61-64-62(42-19-7-2-8-20-42)66-63(65-61)69-59-35-31-45(43-29-33-57-51(37-43)49-25-13-15-27-55(49)67(57)47-21-9-3-10-22-47)39-53(59)54-40-46(32-36-60(54)69)44-30-34-58-52(38-44)50-26-14-16-28-56(50)68(58)48-23-11-4-12-24-48/h1-40H. The minimum absolute atomic E-state index is 0.563. The smallest absolute Gasteiger partial charge is 0.238 e. The summed E-state index contributed by atoms with van der Waals surface area (Å²) < 4.78 is 6.95. The van der Waals surface area contributed by atoms with Crippen LogP contribution in [0, 0.1) is 0 Å². The van der Waals surface area contributed by atoms with Gasteiger partial charge in [0.1, 0.15) is 0 Å². The van der Waals surface area contributed by atoms with E-state index >= 15 is 0 Å². The van der Waals surface area contributed by atoms with Crippen molar-refractivity contribution in [2.45, 2.75) is 0 Å². The molecule has 10 aromatic carbocycles. The monoisotopic (exact) mass is 880 g/mol. The minimum atomic E-state index is 0.563. The highest BCUT2D eigenvalue weighted by Crippen LogP contribution is 2.41. The lowest BCUT2D eigenvalue weighted by Crippen LogP contribution is -2.06. The Balaban J connectivity index is 0.996. The van der Waals surface area contributed by atoms with Crippen LogP contribution in [0.4, 0.5) is 0 Å². The van der Waals surface area contributed by atoms with Gasteiger partial charge in [0.15, 0.2) is 11.6 Å². The van der Waals surface area contributed by atoms with Crippen molar-refractivity contribution in [2.75, 3.05) is 0 Å². The average molecular weight is 881 g/mol. The van der Waals surface area contributed by atoms with Crippen LogP contribution in [0.1, 0.15) is 0 Å². The van der Waals surface area contributed by atoms with E-state index in [0.29, 0.717) is 17.6 Å². The van der Waals surface area contributed by atoms with Gasteiger partial charge in [-0.25, -0.2) is 4.98 Å². The van der Waals surface area contributed by atoms with Gasteiger partial charge in [0.25, 0.3) is 0 Å². The molecule has 6 nitrogen and oxygen atoms in total. The van der Waals surface area contributed by atoms with Crippen LogP contribution in [0.25, 0.3) is 128 Å². The molecular formula is C63H40N6. The summed E-state index contributed by atoms with van der Waals surface area (Å²) in [6.45, 7) is 0. The number of fused-ring (bicyclic) bond motifs is 9. The molecule has 0 saturated heterocycles. The highest BCUT2D eigenvalue weighted by Gasteiger charge is 2.21. The van der Waals surface area contributed by atoms with Crippen molar-refractivity contribution in [1.29, 1.82) is 0 Å². The first kappa shape index (κ1) is 38.8. The number of hydrogen-bond donors (Lipinski definition) is 0. The van der Waals surface area contributed by atoms with Gasteiger partial charge in [-0.05, 0) is 107 Å². The molecule has 4 heterocycles. The molecule has 0 spiro atoms. The number of aromatic nitrogens is 6. The van der Waals surface area contributed by atoms with Crippen LogP contribution in [-0.4, -0.2) is 28.7 Å². The van der Waals surface area contributed by atoms with Crippen LogP contribution < -0.4 is 0 Å². The number of nitrogens with zero attached hydrogens (tertiary/aromatic N) is 6. The van der Waals surface area contributed by atoms with Crippen molar-refractivity contribution in [3.05, 3.63) is 243 Å². The average Bonchev–Trinajstić information content (AvgIpc) is 4.06. The summed E-state index contributed by atoms with van der Waals surface area (Å²) in [5.74, 6) is 1.80. The molecule has 0 unspecified atom stereocenters. The molecule has 4 aromatic heterocycles. The molecule has 0 radical (unpaired) electrons. The SMILES string of the molecule is c1ccc(-c2nc(-c3ccccc3)nc(-n3c4ccc(-c5ccc6c(c5)c5ccccc5n6-c5ccccc5)cc4c4cc(-c5ccc6c(c5)c5ccccc5n6-c5ccccc5)ccc43)n2)cc1. The minimum Gasteiger partial charge on any atom is -0.309 e. The summed E-state index contributed by atoms with van der Waals surface area (Å²) in [7, 11) is 0. The molecule has 0 fully saturated rings. The van der Waals surface area contributed by atoms with E-state index in [1.54, 1.807) is 0 Å². The zero-order valence-electron chi connectivity index (χ0n) is 37.3. The Morgan fingerprint density at radius 2 is 0.522 bits per heavy atom. The van der Waals surface area contributed by atoms with Crippen LogP contribution in [0.5, 0.6) is 0 Å². The molecule has 14 rings (SSSR count). The number of para-hydroxylation sites is 4. The van der Waals surface area contributed by atoms with E-state index in [-0.39, 0.29) is 0 Å². The van der Waals surface area contributed by atoms with Gasteiger partial charge in [0, 0.05) is 54.8 Å². The lowest BCUT2D eigenvalue weighted by atomic mass is 9.98. The molecule has 14 aromatic rings. The lowest BCUT2D eigenvalue weighted by molar-refractivity contribution is 0.953. The van der Waals surface area contributed by atoms with E-state index in [1.165, 1.54) is 43.6 Å². The van der Waals surface area contributed by atoms with Gasteiger partial charge in [-0.1, -0.05) is 158 Å². The lowest BCUT2D eigenvalue weighted by Gasteiger charge is -2.11. The highest BCUT2D eigenvalue weighted by atomic mass is 15.2. The molecule has 0 amide bonds. The molecule has 0 aliphatic carbocycles. The Bertz CT molecular complexity index is 4010. The van der Waals surface area contributed by atoms with E-state index < -0.39 is 0 Å². The first-order valence-electron chi connectivity index (χ1n) is 23.4. The molecular weight excluding hydrogens is 841 g/mol. The highest BCUT2D eigenvalue weighted by molar-refractivity contribution is 6.14. The third kappa shape index (κ3) is 6.30. The predicted octanol–water partition coefficient (Wildman–Crippen LogP) is 15.8. The fourth-order valence-corrected chi connectivity index (χ4v) is 10.5. The largest absolute Gasteiger partial charge is 0.309 e. The van der Waals surface area contributed by atoms with Crippen molar-refractivity contribution in [3.8, 4) is 62.4 Å². The van der Waals surface area contributed by atoms with Gasteiger partial charge in [-0.15, -0.1) is 0 Å². The number of benzene rings is 10. The predicted molar refractivity (Wildman–Crippen MR) is 285 cm³/mol. The summed E-state index contributed by atoms with van der Waals surface area (Å²) in [5.41, 5.74) is 15.5. The van der Waals surface area contributed by atoms with Crippen molar-refractivity contribution < 1.29 is 0 Å². The van der Waals surface area contributed by atoms with Crippen molar-refractivity contribution in [1.82, 2.24) is 28.7 Å². The van der Waals surface area contributed by atoms with Gasteiger partial charge >= 0.3 is 0 Å². The van der Waals surface area contributed by atoms with Gasteiger partial charge in [0.2, 0.25) is 5.95 Å². The zero-order chi connectivity index (χ0) is 45.4. The van der Waals surface area contributed by atoms with Crippen LogP contribution in [0.2, 0.25) is 0 Å². The van der Waals surface area contributed by atoms with Crippen LogP contribution in [0.3, 0.4) is 0 Å². The van der Waals surface area contributed by atoms with Crippen LogP contribution in [0.15, 0.2) is 243 Å². The van der Waals surface area contributed by atoms with Crippen molar-refractivity contribution in [3.63, 3.8) is 0 Å². The van der Waals surface area contributed by atoms with Gasteiger partial charge in [-0.2, -0.15) is 9.97 Å². The second-order valence-corrected chi connectivity index (χ2v) is 17.7. The van der Waals surface area contributed by atoms with Gasteiger partial charge < -0.3 is 9.13 Å². The summed E-state index contributed by atoms with van der Waals surface area (Å²) in [6, 6.07) is 86.5. The first-order valence-corrected chi connectivity index (χ1v) is 23.4. The van der Waals surface area contributed by atoms with Crippen molar-refractivity contribution >= 4 is 65.4 Å². The fraction of sp³-hybridized carbons (Fsp3) is 0. The van der Waals surface area contributed by atoms with Crippen LogP contribution in [-0.2, 0) is 0 Å². The number of rotatable bonds is 7. The number of hydrogen-bond acceptors (Lipinski definition) is 3. The van der Waals surface area contributed by atoms with E-state index in [4.69, 9.17) is 15.0 Å². The summed E-state index contributed by atoms with van der Waals surface area (Å²) in [5, 5.41) is 7.10. The zero-order valence-corrected chi connectivity index (χ0v) is 37.3. The Morgan fingerprint density at radius 1 is 0.217 bits per heavy atom. The van der Waals surface area contributed by atoms with Crippen molar-refractivity contribution in [2.24, 2.45) is 0 Å². The Kier molecular flexibility index (Phi) is 8.79. The molecule has 0 N–H and O–H groups in total. The topological polar surface area (TPSA) is 53.5 Å². The first-order chi connectivity index (χ1) is 34.2. The normalized spacial score (nSPS) is 11.8. The summed E-state index contributed by atoms with van der Waals surface area (Å²) in [4.78, 5) is 15.5. The Hall–Kier alpha value is -9.39. The molecule has 69 heavy (non-hydrogen) atoms. The Morgan fingerprint density at radius 3 is 0.913 bits per heavy atom. The third-order valence-corrected chi connectivity index (χ3v) is 13.7. The molecule has 0 bridgehead atoms. The molecule has 322 valence electrons. The van der Waals surface area contributed by atoms with E-state index in [1.807, 2.05) is 36.4 Å². The molecule has 0 saturated carbocycles. The van der Waals surface area contributed by atoms with Gasteiger partial charge in [0.05, 0.1) is 33.1 Å². The molecule has 0 aliphatic heterocycles. The van der Waals surface area contributed by atoms with Gasteiger partial charge in [-0.3, -0.25) is 4.57 Å². The quantitative estimate of drug-likeness (QED) is 0.160. The van der Waals surface area contributed by atoms with E-state index in [9.17, 15) is 0 Å². The third-order valence-electron chi connectivity index (χ3n) is 13.7. The second-order valence-electron chi connectivity index (χ2n) is 17.7. The maximum atomic E-state index is 5.25. The Labute approximate surface area is 397 Å². The summed E-state index contributed by atoms with van der Waals surface area (Å²) in [6.07, 6.45) is 0. The fourth-order valence-electron chi connectivity index (χ4n) is 10.5. The summed E-state index contributed by atoms with van der Waals surface area (Å²) >= 11 is 0.